The Morgan fingerprint density at radius 2 is 1.85 bits per heavy atom. The minimum absolute atomic E-state index is 0.0364. The van der Waals surface area contributed by atoms with Crippen molar-refractivity contribution in [2.75, 3.05) is 13.7 Å². The van der Waals surface area contributed by atoms with Gasteiger partial charge in [-0.2, -0.15) is 0 Å². The number of hydrogen-bond acceptors (Lipinski definition) is 7. The second kappa shape index (κ2) is 10.9. The minimum atomic E-state index is -3.68. The van der Waals surface area contributed by atoms with Crippen LogP contribution in [0.4, 0.5) is 0 Å². The molecule has 3 aromatic rings. The monoisotopic (exact) mass is 491 g/mol. The average Bonchev–Trinajstić information content (AvgIpc) is 3.17. The van der Waals surface area contributed by atoms with Gasteiger partial charge in [-0.3, -0.25) is 9.36 Å². The maximum absolute atomic E-state index is 14.0. The van der Waals surface area contributed by atoms with E-state index in [-0.39, 0.29) is 23.7 Å². The number of carbonyl (C=O) groups is 2. The zero-order chi connectivity index (χ0) is 24.0. The SMILES string of the molecule is COCC(NP(=O)(Cc1ccc2sc(C(=O)O)cc2c1)Oc1ccccc1)C(=O)OC(C)C. The number of benzene rings is 2. The Bertz CT molecular complexity index is 1160. The Labute approximate surface area is 196 Å². The summed E-state index contributed by atoms with van der Waals surface area (Å²) in [6.45, 7) is 3.39. The summed E-state index contributed by atoms with van der Waals surface area (Å²) in [7, 11) is -2.24. The lowest BCUT2D eigenvalue weighted by molar-refractivity contribution is -0.150. The van der Waals surface area contributed by atoms with Gasteiger partial charge >= 0.3 is 19.5 Å². The molecule has 0 saturated carbocycles. The quantitative estimate of drug-likeness (QED) is 0.287. The summed E-state index contributed by atoms with van der Waals surface area (Å²) in [5.41, 5.74) is 0.664. The molecule has 2 atom stereocenters. The van der Waals surface area contributed by atoms with Gasteiger partial charge in [0, 0.05) is 11.8 Å². The largest absolute Gasteiger partial charge is 0.477 e. The fourth-order valence-corrected chi connectivity index (χ4v) is 6.05. The van der Waals surface area contributed by atoms with E-state index in [1.807, 2.05) is 6.07 Å². The molecule has 0 aliphatic rings. The predicted octanol–water partition coefficient (Wildman–Crippen LogP) is 4.93. The number of thiophene rings is 1. The van der Waals surface area contributed by atoms with Gasteiger partial charge in [0.05, 0.1) is 18.9 Å². The van der Waals surface area contributed by atoms with Crippen LogP contribution in [0.2, 0.25) is 0 Å². The number of carboxylic acids is 1. The van der Waals surface area contributed by atoms with E-state index in [1.54, 1.807) is 62.4 Å². The molecule has 2 aromatic carbocycles. The fraction of sp³-hybridized carbons (Fsp3) is 0.304. The Hall–Kier alpha value is -2.71. The van der Waals surface area contributed by atoms with Crippen molar-refractivity contribution in [3.8, 4) is 5.75 Å². The van der Waals surface area contributed by atoms with E-state index in [2.05, 4.69) is 5.09 Å². The highest BCUT2D eigenvalue weighted by Gasteiger charge is 2.33. The first kappa shape index (κ1) is 24.9. The molecule has 1 heterocycles. The van der Waals surface area contributed by atoms with Gasteiger partial charge in [-0.1, -0.05) is 24.3 Å². The Kier molecular flexibility index (Phi) is 8.26. The molecule has 0 aliphatic heterocycles. The van der Waals surface area contributed by atoms with Crippen molar-refractivity contribution >= 4 is 40.9 Å². The van der Waals surface area contributed by atoms with Gasteiger partial charge in [0.2, 0.25) is 0 Å². The summed E-state index contributed by atoms with van der Waals surface area (Å²) in [6, 6.07) is 14.6. The molecule has 176 valence electrons. The van der Waals surface area contributed by atoms with Crippen LogP contribution in [0.25, 0.3) is 10.1 Å². The first-order chi connectivity index (χ1) is 15.7. The summed E-state index contributed by atoms with van der Waals surface area (Å²) in [5.74, 6) is -1.21. The summed E-state index contributed by atoms with van der Waals surface area (Å²) in [6.07, 6.45) is -0.386. The maximum Gasteiger partial charge on any atom is 0.345 e. The van der Waals surface area contributed by atoms with Crippen LogP contribution in [0.3, 0.4) is 0 Å². The van der Waals surface area contributed by atoms with E-state index in [1.165, 1.54) is 18.4 Å². The summed E-state index contributed by atoms with van der Waals surface area (Å²) < 4.78 is 31.1. The van der Waals surface area contributed by atoms with Gasteiger partial charge in [-0.15, -0.1) is 11.3 Å². The van der Waals surface area contributed by atoms with Gasteiger partial charge in [0.15, 0.2) is 0 Å². The van der Waals surface area contributed by atoms with Crippen LogP contribution in [0.5, 0.6) is 5.75 Å². The number of carboxylic acid groups (broad SMARTS) is 1. The van der Waals surface area contributed by atoms with E-state index in [0.717, 1.165) is 10.1 Å². The number of para-hydroxylation sites is 1. The Morgan fingerprint density at radius 1 is 1.12 bits per heavy atom. The molecule has 8 nitrogen and oxygen atoms in total. The summed E-state index contributed by atoms with van der Waals surface area (Å²) in [5, 5.41) is 12.8. The highest BCUT2D eigenvalue weighted by atomic mass is 32.1. The van der Waals surface area contributed by atoms with Crippen LogP contribution in [-0.4, -0.2) is 42.9 Å². The van der Waals surface area contributed by atoms with Gasteiger partial charge in [-0.25, -0.2) is 9.88 Å². The fourth-order valence-electron chi connectivity index (χ4n) is 3.17. The molecule has 0 spiro atoms. The molecular formula is C23H26NO7PS. The van der Waals surface area contributed by atoms with Crippen LogP contribution in [0.1, 0.15) is 29.1 Å². The minimum Gasteiger partial charge on any atom is -0.477 e. The van der Waals surface area contributed by atoms with Crippen molar-refractivity contribution in [1.29, 1.82) is 0 Å². The molecule has 0 fully saturated rings. The third-order valence-corrected chi connectivity index (χ3v) is 7.60. The lowest BCUT2D eigenvalue weighted by atomic mass is 10.2. The van der Waals surface area contributed by atoms with E-state index in [9.17, 15) is 19.3 Å². The molecule has 33 heavy (non-hydrogen) atoms. The van der Waals surface area contributed by atoms with Crippen molar-refractivity contribution in [3.05, 3.63) is 65.0 Å². The number of esters is 1. The van der Waals surface area contributed by atoms with E-state index < -0.39 is 25.5 Å². The van der Waals surface area contributed by atoms with Crippen LogP contribution in [0.15, 0.2) is 54.6 Å². The average molecular weight is 492 g/mol. The number of carbonyl (C=O) groups excluding carboxylic acids is 1. The Balaban J connectivity index is 1.92. The number of nitrogens with one attached hydrogen (secondary N) is 1. The van der Waals surface area contributed by atoms with Crippen LogP contribution in [-0.2, 0) is 25.0 Å². The van der Waals surface area contributed by atoms with E-state index >= 15 is 0 Å². The van der Waals surface area contributed by atoms with Crippen LogP contribution >= 0.6 is 18.9 Å². The number of aromatic carboxylic acids is 1. The molecule has 3 rings (SSSR count). The molecular weight excluding hydrogens is 465 g/mol. The first-order valence-corrected chi connectivity index (χ1v) is 12.9. The lowest BCUT2D eigenvalue weighted by Gasteiger charge is -2.26. The van der Waals surface area contributed by atoms with Crippen molar-refractivity contribution in [1.82, 2.24) is 5.09 Å². The normalized spacial score (nSPS) is 14.1. The molecule has 10 heteroatoms. The van der Waals surface area contributed by atoms with Crippen molar-refractivity contribution < 1.29 is 33.3 Å². The molecule has 2 N–H and O–H groups in total. The van der Waals surface area contributed by atoms with Gasteiger partial charge in [0.25, 0.3) is 0 Å². The topological polar surface area (TPSA) is 111 Å². The smallest absolute Gasteiger partial charge is 0.345 e. The molecule has 0 saturated heterocycles. The third kappa shape index (κ3) is 6.88. The van der Waals surface area contributed by atoms with Crippen LogP contribution < -0.4 is 9.61 Å². The standard InChI is InChI=1S/C23H26NO7PS/c1-15(2)30-23(27)19(13-29-3)24-32(28,31-18-7-5-4-6-8-18)14-16-9-10-20-17(11-16)12-21(33-20)22(25)26/h4-12,15,19H,13-14H2,1-3H3,(H,24,28)(H,25,26). The third-order valence-electron chi connectivity index (χ3n) is 4.50. The molecule has 0 radical (unpaired) electrons. The second-order valence-electron chi connectivity index (χ2n) is 7.65. The number of fused-ring (bicyclic) bond motifs is 1. The molecule has 0 amide bonds. The molecule has 1 aromatic heterocycles. The zero-order valence-corrected chi connectivity index (χ0v) is 20.2. The lowest BCUT2D eigenvalue weighted by Crippen LogP contribution is -2.41. The van der Waals surface area contributed by atoms with Crippen molar-refractivity contribution in [3.63, 3.8) is 0 Å². The summed E-state index contributed by atoms with van der Waals surface area (Å²) in [4.78, 5) is 24.1. The van der Waals surface area contributed by atoms with E-state index in [4.69, 9.17) is 14.0 Å². The maximum atomic E-state index is 14.0. The number of methoxy groups -OCH3 is 1. The first-order valence-electron chi connectivity index (χ1n) is 10.3. The zero-order valence-electron chi connectivity index (χ0n) is 18.5. The van der Waals surface area contributed by atoms with Crippen LogP contribution in [0, 0.1) is 0 Å². The van der Waals surface area contributed by atoms with Crippen molar-refractivity contribution in [2.45, 2.75) is 32.2 Å². The molecule has 0 bridgehead atoms. The van der Waals surface area contributed by atoms with Crippen molar-refractivity contribution in [2.24, 2.45) is 0 Å². The highest BCUT2D eigenvalue weighted by molar-refractivity contribution is 7.56. The van der Waals surface area contributed by atoms with Gasteiger partial charge in [-0.05, 0) is 55.1 Å². The molecule has 2 unspecified atom stereocenters. The predicted molar refractivity (Wildman–Crippen MR) is 127 cm³/mol. The van der Waals surface area contributed by atoms with Gasteiger partial charge < -0.3 is 19.1 Å². The summed E-state index contributed by atoms with van der Waals surface area (Å²) >= 11 is 1.17. The number of hydrogen-bond donors (Lipinski definition) is 2. The molecule has 0 aliphatic carbocycles. The second-order valence-corrected chi connectivity index (χ2v) is 10.8. The number of rotatable bonds is 11. The van der Waals surface area contributed by atoms with E-state index in [0.29, 0.717) is 11.3 Å². The Morgan fingerprint density at radius 3 is 2.48 bits per heavy atom. The number of ether oxygens (including phenoxy) is 2. The van der Waals surface area contributed by atoms with Gasteiger partial charge in [0.1, 0.15) is 16.7 Å². The highest BCUT2D eigenvalue weighted by Crippen LogP contribution is 2.47.